The van der Waals surface area contributed by atoms with Gasteiger partial charge in [-0.2, -0.15) is 13.2 Å². The van der Waals surface area contributed by atoms with Crippen LogP contribution in [0.2, 0.25) is 0 Å². The van der Waals surface area contributed by atoms with Gasteiger partial charge in [-0.25, -0.2) is 0 Å². The average Bonchev–Trinajstić information content (AvgIpc) is 2.46. The number of likely N-dealkylation sites (tertiary alicyclic amines) is 1. The van der Waals surface area contributed by atoms with Crippen LogP contribution in [-0.4, -0.2) is 56.3 Å². The molecule has 2 fully saturated rings. The first-order valence-corrected chi connectivity index (χ1v) is 7.73. The van der Waals surface area contributed by atoms with E-state index in [2.05, 4.69) is 10.2 Å². The lowest BCUT2D eigenvalue weighted by molar-refractivity contribution is -0.173. The fourth-order valence-electron chi connectivity index (χ4n) is 3.14. The maximum Gasteiger partial charge on any atom is 0.471 e. The monoisotopic (exact) mass is 307 g/mol. The normalized spacial score (nSPS) is 23.2. The second-order valence-electron chi connectivity index (χ2n) is 6.15. The van der Waals surface area contributed by atoms with Crippen molar-refractivity contribution in [2.75, 3.05) is 39.3 Å². The van der Waals surface area contributed by atoms with Crippen molar-refractivity contribution in [2.45, 2.75) is 31.9 Å². The van der Waals surface area contributed by atoms with Crippen LogP contribution in [0.4, 0.5) is 13.2 Å². The topological polar surface area (TPSA) is 44.4 Å². The smallest absolute Gasteiger partial charge is 0.348 e. The SMILES string of the molecule is O=C(NCC1CCN(CC2CCNCC2)CC1)C(F)(F)F. The zero-order chi connectivity index (χ0) is 15.3. The Labute approximate surface area is 123 Å². The number of piperidine rings is 2. The van der Waals surface area contributed by atoms with Crippen molar-refractivity contribution in [3.05, 3.63) is 0 Å². The van der Waals surface area contributed by atoms with Crippen molar-refractivity contribution in [1.82, 2.24) is 15.5 Å². The van der Waals surface area contributed by atoms with Gasteiger partial charge >= 0.3 is 12.1 Å². The summed E-state index contributed by atoms with van der Waals surface area (Å²) in [7, 11) is 0. The third kappa shape index (κ3) is 5.47. The van der Waals surface area contributed by atoms with E-state index in [1.807, 2.05) is 5.32 Å². The molecule has 0 aromatic rings. The average molecular weight is 307 g/mol. The highest BCUT2D eigenvalue weighted by Crippen LogP contribution is 2.21. The van der Waals surface area contributed by atoms with E-state index in [-0.39, 0.29) is 12.5 Å². The summed E-state index contributed by atoms with van der Waals surface area (Å²) >= 11 is 0. The highest BCUT2D eigenvalue weighted by Gasteiger charge is 2.38. The molecule has 0 saturated carbocycles. The highest BCUT2D eigenvalue weighted by atomic mass is 19.4. The van der Waals surface area contributed by atoms with Gasteiger partial charge in [0.15, 0.2) is 0 Å². The molecule has 2 aliphatic heterocycles. The summed E-state index contributed by atoms with van der Waals surface area (Å²) in [5.41, 5.74) is 0. The number of hydrogen-bond acceptors (Lipinski definition) is 3. The first-order chi connectivity index (χ1) is 9.95. The van der Waals surface area contributed by atoms with Gasteiger partial charge < -0.3 is 15.5 Å². The zero-order valence-electron chi connectivity index (χ0n) is 12.2. The number of amides is 1. The van der Waals surface area contributed by atoms with Crippen LogP contribution in [0.25, 0.3) is 0 Å². The molecule has 2 rings (SSSR count). The molecule has 2 heterocycles. The number of halogens is 3. The van der Waals surface area contributed by atoms with Gasteiger partial charge in [-0.1, -0.05) is 0 Å². The minimum Gasteiger partial charge on any atom is -0.348 e. The molecule has 0 bridgehead atoms. The lowest BCUT2D eigenvalue weighted by Gasteiger charge is -2.35. The van der Waals surface area contributed by atoms with Gasteiger partial charge in [0, 0.05) is 13.1 Å². The van der Waals surface area contributed by atoms with Crippen LogP contribution in [0.15, 0.2) is 0 Å². The van der Waals surface area contributed by atoms with Gasteiger partial charge in [-0.05, 0) is 63.7 Å². The summed E-state index contributed by atoms with van der Waals surface area (Å²) in [4.78, 5) is 13.2. The standard InChI is InChI=1S/C14H24F3N3O/c15-14(16,17)13(21)19-9-11-3-7-20(8-4-11)10-12-1-5-18-6-2-12/h11-12,18H,1-10H2,(H,19,21). The van der Waals surface area contributed by atoms with E-state index in [1.54, 1.807) is 0 Å². The van der Waals surface area contributed by atoms with Crippen LogP contribution < -0.4 is 10.6 Å². The lowest BCUT2D eigenvalue weighted by Crippen LogP contribution is -2.44. The van der Waals surface area contributed by atoms with Crippen molar-refractivity contribution >= 4 is 5.91 Å². The van der Waals surface area contributed by atoms with E-state index in [9.17, 15) is 18.0 Å². The molecular weight excluding hydrogens is 283 g/mol. The lowest BCUT2D eigenvalue weighted by atomic mass is 9.93. The van der Waals surface area contributed by atoms with E-state index in [0.717, 1.165) is 51.5 Å². The molecule has 4 nitrogen and oxygen atoms in total. The second kappa shape index (κ2) is 7.45. The van der Waals surface area contributed by atoms with Gasteiger partial charge in [0.25, 0.3) is 0 Å². The Morgan fingerprint density at radius 3 is 2.29 bits per heavy atom. The van der Waals surface area contributed by atoms with E-state index >= 15 is 0 Å². The van der Waals surface area contributed by atoms with Crippen molar-refractivity contribution in [1.29, 1.82) is 0 Å². The fourth-order valence-corrected chi connectivity index (χ4v) is 3.14. The Morgan fingerprint density at radius 2 is 1.71 bits per heavy atom. The van der Waals surface area contributed by atoms with Crippen LogP contribution in [0, 0.1) is 11.8 Å². The van der Waals surface area contributed by atoms with Crippen molar-refractivity contribution < 1.29 is 18.0 Å². The zero-order valence-corrected chi connectivity index (χ0v) is 12.2. The number of alkyl halides is 3. The van der Waals surface area contributed by atoms with Crippen LogP contribution in [0.1, 0.15) is 25.7 Å². The quantitative estimate of drug-likeness (QED) is 0.825. The molecule has 0 aromatic heterocycles. The third-order valence-electron chi connectivity index (χ3n) is 4.49. The number of nitrogens with one attached hydrogen (secondary N) is 2. The molecule has 0 radical (unpaired) electrons. The molecule has 0 unspecified atom stereocenters. The van der Waals surface area contributed by atoms with Gasteiger partial charge in [0.2, 0.25) is 0 Å². The molecule has 0 aromatic carbocycles. The molecule has 21 heavy (non-hydrogen) atoms. The number of nitrogens with zero attached hydrogens (tertiary/aromatic N) is 1. The summed E-state index contributed by atoms with van der Waals surface area (Å²) in [6, 6.07) is 0. The Hall–Kier alpha value is -0.820. The molecule has 2 aliphatic rings. The molecule has 0 atom stereocenters. The number of rotatable bonds is 4. The first kappa shape index (κ1) is 16.5. The van der Waals surface area contributed by atoms with Gasteiger partial charge in [0.05, 0.1) is 0 Å². The van der Waals surface area contributed by atoms with E-state index in [4.69, 9.17) is 0 Å². The largest absolute Gasteiger partial charge is 0.471 e. The fraction of sp³-hybridized carbons (Fsp3) is 0.929. The van der Waals surface area contributed by atoms with Gasteiger partial charge in [-0.15, -0.1) is 0 Å². The second-order valence-corrected chi connectivity index (χ2v) is 6.15. The third-order valence-corrected chi connectivity index (χ3v) is 4.49. The number of carbonyl (C=O) groups excluding carboxylic acids is 1. The summed E-state index contributed by atoms with van der Waals surface area (Å²) in [6.45, 7) is 5.27. The number of carbonyl (C=O) groups is 1. The minimum absolute atomic E-state index is 0.138. The van der Waals surface area contributed by atoms with Crippen molar-refractivity contribution in [2.24, 2.45) is 11.8 Å². The summed E-state index contributed by atoms with van der Waals surface area (Å²) in [6.07, 6.45) is -0.620. The molecule has 7 heteroatoms. The molecule has 0 aliphatic carbocycles. The molecule has 2 saturated heterocycles. The minimum atomic E-state index is -4.77. The van der Waals surface area contributed by atoms with Crippen molar-refractivity contribution in [3.63, 3.8) is 0 Å². The van der Waals surface area contributed by atoms with Crippen LogP contribution in [-0.2, 0) is 4.79 Å². The summed E-state index contributed by atoms with van der Waals surface area (Å²) in [5.74, 6) is -0.909. The van der Waals surface area contributed by atoms with Crippen LogP contribution in [0.5, 0.6) is 0 Å². The van der Waals surface area contributed by atoms with Crippen LogP contribution in [0.3, 0.4) is 0 Å². The Bertz CT molecular complexity index is 335. The Kier molecular flexibility index (Phi) is 5.87. The molecule has 0 spiro atoms. The molecule has 2 N–H and O–H groups in total. The maximum atomic E-state index is 12.1. The van der Waals surface area contributed by atoms with E-state index in [1.165, 1.54) is 12.8 Å². The van der Waals surface area contributed by atoms with E-state index in [0.29, 0.717) is 0 Å². The van der Waals surface area contributed by atoms with Crippen LogP contribution >= 0.6 is 0 Å². The van der Waals surface area contributed by atoms with E-state index < -0.39 is 12.1 Å². The Morgan fingerprint density at radius 1 is 1.10 bits per heavy atom. The van der Waals surface area contributed by atoms with Gasteiger partial charge in [0.1, 0.15) is 0 Å². The molecule has 122 valence electrons. The van der Waals surface area contributed by atoms with Crippen molar-refractivity contribution in [3.8, 4) is 0 Å². The highest BCUT2D eigenvalue weighted by molar-refractivity contribution is 5.81. The maximum absolute atomic E-state index is 12.1. The predicted octanol–water partition coefficient (Wildman–Crippen LogP) is 1.38. The Balaban J connectivity index is 1.62. The number of hydrogen-bond donors (Lipinski definition) is 2. The first-order valence-electron chi connectivity index (χ1n) is 7.73. The van der Waals surface area contributed by atoms with Gasteiger partial charge in [-0.3, -0.25) is 4.79 Å². The summed E-state index contributed by atoms with van der Waals surface area (Å²) in [5, 5.41) is 5.35. The summed E-state index contributed by atoms with van der Waals surface area (Å²) < 4.78 is 36.3. The molecular formula is C14H24F3N3O. The molecule has 1 amide bonds. The predicted molar refractivity (Wildman–Crippen MR) is 73.8 cm³/mol.